The van der Waals surface area contributed by atoms with Crippen molar-refractivity contribution in [3.63, 3.8) is 0 Å². The summed E-state index contributed by atoms with van der Waals surface area (Å²) in [6, 6.07) is 13.0. The van der Waals surface area contributed by atoms with E-state index in [4.69, 9.17) is 0 Å². The topological polar surface area (TPSA) is 58.4 Å². The molecule has 6 heteroatoms. The number of rotatable bonds is 5. The monoisotopic (exact) mass is 340 g/mol. The van der Waals surface area contributed by atoms with Crippen molar-refractivity contribution >= 4 is 5.91 Å². The lowest BCUT2D eigenvalue weighted by molar-refractivity contribution is -0.133. The first-order chi connectivity index (χ1) is 12.2. The molecule has 0 aliphatic carbocycles. The largest absolute Gasteiger partial charge is 0.340 e. The Labute approximate surface area is 147 Å². The molecular formula is C19H24N4O2. The van der Waals surface area contributed by atoms with Gasteiger partial charge in [-0.2, -0.15) is 5.10 Å². The molecule has 1 aromatic heterocycles. The highest BCUT2D eigenvalue weighted by molar-refractivity contribution is 5.76. The summed E-state index contributed by atoms with van der Waals surface area (Å²) in [6.07, 6.45) is 0.303. The van der Waals surface area contributed by atoms with Gasteiger partial charge in [-0.3, -0.25) is 9.59 Å². The van der Waals surface area contributed by atoms with Crippen LogP contribution in [0.1, 0.15) is 13.3 Å². The molecule has 0 radical (unpaired) electrons. The zero-order chi connectivity index (χ0) is 17.6. The van der Waals surface area contributed by atoms with Crippen LogP contribution in [-0.4, -0.2) is 58.2 Å². The zero-order valence-corrected chi connectivity index (χ0v) is 14.6. The Morgan fingerprint density at radius 1 is 1.04 bits per heavy atom. The van der Waals surface area contributed by atoms with Crippen molar-refractivity contribution in [3.8, 4) is 11.3 Å². The third-order valence-corrected chi connectivity index (χ3v) is 4.65. The van der Waals surface area contributed by atoms with Crippen molar-refractivity contribution in [3.05, 3.63) is 52.8 Å². The molecule has 0 saturated carbocycles. The molecule has 1 amide bonds. The molecule has 0 bridgehead atoms. The van der Waals surface area contributed by atoms with Crippen LogP contribution < -0.4 is 5.56 Å². The van der Waals surface area contributed by atoms with Gasteiger partial charge in [0, 0.05) is 44.2 Å². The standard InChI is InChI=1S/C19H24N4O2/c1-2-21-12-14-22(15-13-21)18(24)10-11-23-19(25)9-8-17(20-23)16-6-4-3-5-7-16/h3-9H,2,10-15H2,1H3. The van der Waals surface area contributed by atoms with Gasteiger partial charge in [0.1, 0.15) is 0 Å². The molecule has 0 N–H and O–H groups in total. The van der Waals surface area contributed by atoms with Gasteiger partial charge in [0.2, 0.25) is 5.91 Å². The van der Waals surface area contributed by atoms with Crippen LogP contribution in [0.15, 0.2) is 47.3 Å². The molecule has 0 unspecified atom stereocenters. The molecule has 3 rings (SSSR count). The van der Waals surface area contributed by atoms with Gasteiger partial charge in [-0.15, -0.1) is 0 Å². The normalized spacial score (nSPS) is 15.3. The number of carbonyl (C=O) groups excluding carboxylic acids is 1. The summed E-state index contributed by atoms with van der Waals surface area (Å²) in [6.45, 7) is 6.83. The van der Waals surface area contributed by atoms with Crippen molar-refractivity contribution in [1.29, 1.82) is 0 Å². The van der Waals surface area contributed by atoms with Crippen molar-refractivity contribution in [2.75, 3.05) is 32.7 Å². The second-order valence-corrected chi connectivity index (χ2v) is 6.21. The van der Waals surface area contributed by atoms with Crippen molar-refractivity contribution in [2.45, 2.75) is 19.9 Å². The van der Waals surface area contributed by atoms with Crippen LogP contribution in [0.5, 0.6) is 0 Å². The number of likely N-dealkylation sites (N-methyl/N-ethyl adjacent to an activating group) is 1. The van der Waals surface area contributed by atoms with E-state index in [1.807, 2.05) is 35.2 Å². The molecule has 1 aromatic carbocycles. The fraction of sp³-hybridized carbons (Fsp3) is 0.421. The number of hydrogen-bond donors (Lipinski definition) is 0. The molecule has 2 heterocycles. The summed E-state index contributed by atoms with van der Waals surface area (Å²) in [7, 11) is 0. The van der Waals surface area contributed by atoms with Crippen LogP contribution in [0.25, 0.3) is 11.3 Å². The van der Waals surface area contributed by atoms with E-state index in [1.165, 1.54) is 10.7 Å². The number of hydrogen-bond acceptors (Lipinski definition) is 4. The first-order valence-corrected chi connectivity index (χ1v) is 8.81. The average molecular weight is 340 g/mol. The lowest BCUT2D eigenvalue weighted by Crippen LogP contribution is -2.48. The molecule has 2 aromatic rings. The van der Waals surface area contributed by atoms with E-state index < -0.39 is 0 Å². The summed E-state index contributed by atoms with van der Waals surface area (Å²) in [5.41, 5.74) is 1.52. The van der Waals surface area contributed by atoms with Crippen molar-refractivity contribution < 1.29 is 4.79 Å². The minimum Gasteiger partial charge on any atom is -0.340 e. The predicted molar refractivity (Wildman–Crippen MR) is 97.2 cm³/mol. The highest BCUT2D eigenvalue weighted by atomic mass is 16.2. The molecule has 0 atom stereocenters. The molecule has 1 fully saturated rings. The maximum Gasteiger partial charge on any atom is 0.266 e. The van der Waals surface area contributed by atoms with E-state index in [1.54, 1.807) is 6.07 Å². The Morgan fingerprint density at radius 2 is 1.76 bits per heavy atom. The Bertz CT molecular complexity index is 764. The zero-order valence-electron chi connectivity index (χ0n) is 14.6. The number of piperazine rings is 1. The fourth-order valence-electron chi connectivity index (χ4n) is 3.05. The summed E-state index contributed by atoms with van der Waals surface area (Å²) < 4.78 is 1.39. The summed E-state index contributed by atoms with van der Waals surface area (Å²) in [5, 5.41) is 4.41. The minimum atomic E-state index is -0.178. The van der Waals surface area contributed by atoms with Crippen LogP contribution in [0, 0.1) is 0 Å². The van der Waals surface area contributed by atoms with Crippen LogP contribution in [0.3, 0.4) is 0 Å². The van der Waals surface area contributed by atoms with Crippen LogP contribution >= 0.6 is 0 Å². The molecule has 1 aliphatic rings. The predicted octanol–water partition coefficient (Wildman–Crippen LogP) is 1.46. The lowest BCUT2D eigenvalue weighted by Gasteiger charge is -2.34. The van der Waals surface area contributed by atoms with Crippen LogP contribution in [0.4, 0.5) is 0 Å². The first kappa shape index (κ1) is 17.4. The Balaban J connectivity index is 1.63. The number of aryl methyl sites for hydroxylation is 1. The van der Waals surface area contributed by atoms with Gasteiger partial charge in [0.05, 0.1) is 12.2 Å². The summed E-state index contributed by atoms with van der Waals surface area (Å²) >= 11 is 0. The molecule has 1 aliphatic heterocycles. The summed E-state index contributed by atoms with van der Waals surface area (Å²) in [5.74, 6) is 0.0922. The number of benzene rings is 1. The van der Waals surface area contributed by atoms with Gasteiger partial charge in [-0.05, 0) is 12.6 Å². The van der Waals surface area contributed by atoms with Gasteiger partial charge in [0.25, 0.3) is 5.56 Å². The molecule has 132 valence electrons. The second-order valence-electron chi connectivity index (χ2n) is 6.21. The van der Waals surface area contributed by atoms with Crippen molar-refractivity contribution in [2.24, 2.45) is 0 Å². The average Bonchev–Trinajstić information content (AvgIpc) is 2.68. The molecular weight excluding hydrogens is 316 g/mol. The number of nitrogens with zero attached hydrogens (tertiary/aromatic N) is 4. The highest BCUT2D eigenvalue weighted by Gasteiger charge is 2.20. The van der Waals surface area contributed by atoms with Crippen molar-refractivity contribution in [1.82, 2.24) is 19.6 Å². The Kier molecular flexibility index (Phi) is 5.60. The quantitative estimate of drug-likeness (QED) is 0.827. The number of amides is 1. The molecule has 0 spiro atoms. The van der Waals surface area contributed by atoms with Gasteiger partial charge < -0.3 is 9.80 Å². The third-order valence-electron chi connectivity index (χ3n) is 4.65. The Morgan fingerprint density at radius 3 is 2.44 bits per heavy atom. The summed E-state index contributed by atoms with van der Waals surface area (Å²) in [4.78, 5) is 28.7. The SMILES string of the molecule is CCN1CCN(C(=O)CCn2nc(-c3ccccc3)ccc2=O)CC1. The van der Waals surface area contributed by atoms with E-state index >= 15 is 0 Å². The molecule has 1 saturated heterocycles. The van der Waals surface area contributed by atoms with E-state index in [0.717, 1.165) is 44.0 Å². The maximum absolute atomic E-state index is 12.4. The van der Waals surface area contributed by atoms with Crippen LogP contribution in [0.2, 0.25) is 0 Å². The van der Waals surface area contributed by atoms with E-state index in [-0.39, 0.29) is 11.5 Å². The number of aromatic nitrogens is 2. The first-order valence-electron chi connectivity index (χ1n) is 8.81. The molecule has 25 heavy (non-hydrogen) atoms. The third kappa shape index (κ3) is 4.33. The highest BCUT2D eigenvalue weighted by Crippen LogP contribution is 2.14. The minimum absolute atomic E-state index is 0.0922. The Hall–Kier alpha value is -2.47. The fourth-order valence-corrected chi connectivity index (χ4v) is 3.05. The van der Waals surface area contributed by atoms with Gasteiger partial charge >= 0.3 is 0 Å². The second kappa shape index (κ2) is 8.07. The van der Waals surface area contributed by atoms with Gasteiger partial charge in [-0.25, -0.2) is 4.68 Å². The van der Waals surface area contributed by atoms with Crippen LogP contribution in [-0.2, 0) is 11.3 Å². The van der Waals surface area contributed by atoms with Gasteiger partial charge in [-0.1, -0.05) is 37.3 Å². The van der Waals surface area contributed by atoms with Gasteiger partial charge in [0.15, 0.2) is 0 Å². The number of carbonyl (C=O) groups is 1. The maximum atomic E-state index is 12.4. The molecule has 6 nitrogen and oxygen atoms in total. The smallest absolute Gasteiger partial charge is 0.266 e. The lowest BCUT2D eigenvalue weighted by atomic mass is 10.1. The van der Waals surface area contributed by atoms with E-state index in [0.29, 0.717) is 13.0 Å². The van der Waals surface area contributed by atoms with E-state index in [9.17, 15) is 9.59 Å². The van der Waals surface area contributed by atoms with E-state index in [2.05, 4.69) is 16.9 Å².